The van der Waals surface area contributed by atoms with E-state index in [1.165, 1.54) is 13.0 Å². The van der Waals surface area contributed by atoms with Crippen molar-refractivity contribution in [1.82, 2.24) is 10.6 Å². The molecule has 1 aliphatic carbocycles. The van der Waals surface area contributed by atoms with Crippen molar-refractivity contribution in [3.05, 3.63) is 70.8 Å². The van der Waals surface area contributed by atoms with E-state index >= 15 is 0 Å². The highest BCUT2D eigenvalue weighted by Crippen LogP contribution is 2.25. The summed E-state index contributed by atoms with van der Waals surface area (Å²) >= 11 is 0. The van der Waals surface area contributed by atoms with Gasteiger partial charge in [0.2, 0.25) is 5.91 Å². The lowest BCUT2D eigenvalue weighted by molar-refractivity contribution is -0.164. The van der Waals surface area contributed by atoms with Gasteiger partial charge in [0.25, 0.3) is 5.91 Å². The quantitative estimate of drug-likeness (QED) is 0.328. The Morgan fingerprint density at radius 3 is 2.63 bits per heavy atom. The summed E-state index contributed by atoms with van der Waals surface area (Å²) in [6.45, 7) is 6.07. The van der Waals surface area contributed by atoms with Crippen LogP contribution >= 0.6 is 0 Å². The van der Waals surface area contributed by atoms with Crippen molar-refractivity contribution < 1.29 is 27.5 Å². The SMILES string of the molecule is CC/C=C/C(C)=C\C=C(/C)C(N)=C(NC(C)=O)C1=NCC(CCC2C=C(OCC(F)(F)F)C=CC2)NC1=O. The monoisotopic (exact) mass is 534 g/mol. The van der Waals surface area contributed by atoms with Crippen LogP contribution in [0.25, 0.3) is 0 Å². The Hall–Kier alpha value is -3.56. The zero-order valence-corrected chi connectivity index (χ0v) is 22.3. The summed E-state index contributed by atoms with van der Waals surface area (Å²) in [6.07, 6.45) is 11.2. The Morgan fingerprint density at radius 2 is 2.00 bits per heavy atom. The maximum Gasteiger partial charge on any atom is 0.422 e. The first-order valence-corrected chi connectivity index (χ1v) is 12.6. The number of ether oxygens (including phenoxy) is 1. The number of alkyl halides is 3. The highest BCUT2D eigenvalue weighted by Gasteiger charge is 2.30. The number of nitrogens with zero attached hydrogens (tertiary/aromatic N) is 1. The molecule has 38 heavy (non-hydrogen) atoms. The van der Waals surface area contributed by atoms with Crippen LogP contribution in [0.1, 0.15) is 53.4 Å². The minimum atomic E-state index is -4.40. The first-order valence-electron chi connectivity index (χ1n) is 12.6. The molecule has 0 radical (unpaired) electrons. The molecule has 2 atom stereocenters. The number of nitrogens with two attached hydrogens (primary N) is 1. The van der Waals surface area contributed by atoms with Crippen LogP contribution in [0.4, 0.5) is 13.2 Å². The van der Waals surface area contributed by atoms with Gasteiger partial charge in [-0.25, -0.2) is 0 Å². The van der Waals surface area contributed by atoms with E-state index < -0.39 is 18.7 Å². The summed E-state index contributed by atoms with van der Waals surface area (Å²) < 4.78 is 42.1. The maximum atomic E-state index is 12.9. The fraction of sp³-hybridized carbons (Fsp3) is 0.464. The topological polar surface area (TPSA) is 106 Å². The predicted molar refractivity (Wildman–Crippen MR) is 143 cm³/mol. The number of aliphatic imine (C=N–C) groups is 1. The van der Waals surface area contributed by atoms with Crippen molar-refractivity contribution in [2.24, 2.45) is 16.6 Å². The lowest BCUT2D eigenvalue weighted by atomic mass is 9.92. The molecule has 208 valence electrons. The highest BCUT2D eigenvalue weighted by atomic mass is 19.4. The molecular formula is C28H37F3N4O3. The van der Waals surface area contributed by atoms with E-state index in [0.717, 1.165) is 12.0 Å². The molecule has 2 rings (SSSR count). The molecule has 1 heterocycles. The van der Waals surface area contributed by atoms with Gasteiger partial charge in [-0.05, 0) is 63.2 Å². The molecule has 2 aliphatic rings. The van der Waals surface area contributed by atoms with Crippen LogP contribution < -0.4 is 16.4 Å². The zero-order chi connectivity index (χ0) is 28.3. The molecule has 1 aliphatic heterocycles. The molecular weight excluding hydrogens is 497 g/mol. The second-order valence-corrected chi connectivity index (χ2v) is 9.35. The standard InChI is InChI=1S/C28H37F3N4O3/c1-5-6-8-18(2)11-12-19(3)24(32)25(34-20(4)36)26-27(37)35-22(16-33-26)14-13-21-9-7-10-23(15-21)38-17-28(29,30)31/h6-8,10-12,15,21-22H,5,9,13-14,16-17,32H2,1-4H3,(H,34,36)(H,35,37)/b8-6+,18-11-,19-12+,25-24?. The van der Waals surface area contributed by atoms with Crippen molar-refractivity contribution in [3.8, 4) is 0 Å². The second kappa shape index (κ2) is 14.4. The van der Waals surface area contributed by atoms with E-state index in [1.54, 1.807) is 19.1 Å². The molecule has 0 saturated carbocycles. The molecule has 0 bridgehead atoms. The molecule has 0 fully saturated rings. The van der Waals surface area contributed by atoms with E-state index in [1.807, 2.05) is 38.2 Å². The number of hydrogen-bond acceptors (Lipinski definition) is 5. The van der Waals surface area contributed by atoms with E-state index in [0.29, 0.717) is 24.8 Å². The number of carbonyl (C=O) groups excluding carboxylic acids is 2. The number of halogens is 3. The average Bonchev–Trinajstić information content (AvgIpc) is 2.86. The number of rotatable bonds is 11. The number of amides is 2. The molecule has 0 spiro atoms. The zero-order valence-electron chi connectivity index (χ0n) is 22.3. The summed E-state index contributed by atoms with van der Waals surface area (Å²) in [5.41, 5.74) is 8.47. The normalized spacial score (nSPS) is 21.5. The molecule has 0 saturated heterocycles. The Kier molecular flexibility index (Phi) is 11.6. The van der Waals surface area contributed by atoms with Gasteiger partial charge in [-0.1, -0.05) is 42.9 Å². The summed E-state index contributed by atoms with van der Waals surface area (Å²) in [5, 5.41) is 5.56. The molecule has 2 unspecified atom stereocenters. The number of allylic oxidation sites excluding steroid dienone is 9. The van der Waals surface area contributed by atoms with Gasteiger partial charge in [-0.15, -0.1) is 0 Å². The Labute approximate surface area is 222 Å². The molecule has 7 nitrogen and oxygen atoms in total. The van der Waals surface area contributed by atoms with Gasteiger partial charge in [0, 0.05) is 13.0 Å². The number of carbonyl (C=O) groups is 2. The lowest BCUT2D eigenvalue weighted by Crippen LogP contribution is -2.48. The van der Waals surface area contributed by atoms with Crippen LogP contribution in [0.2, 0.25) is 0 Å². The summed E-state index contributed by atoms with van der Waals surface area (Å²) in [6, 6.07) is -0.252. The van der Waals surface area contributed by atoms with E-state index in [9.17, 15) is 22.8 Å². The second-order valence-electron chi connectivity index (χ2n) is 9.35. The fourth-order valence-corrected chi connectivity index (χ4v) is 3.85. The van der Waals surface area contributed by atoms with Gasteiger partial charge in [0.15, 0.2) is 6.61 Å². The van der Waals surface area contributed by atoms with Crippen LogP contribution in [0.3, 0.4) is 0 Å². The maximum absolute atomic E-state index is 12.9. The Bertz CT molecular complexity index is 1100. The first kappa shape index (κ1) is 30.7. The van der Waals surface area contributed by atoms with Gasteiger partial charge in [0.1, 0.15) is 11.5 Å². The van der Waals surface area contributed by atoms with Crippen molar-refractivity contribution in [2.45, 2.75) is 65.6 Å². The number of nitrogens with one attached hydrogen (secondary N) is 2. The van der Waals surface area contributed by atoms with Gasteiger partial charge >= 0.3 is 6.18 Å². The van der Waals surface area contributed by atoms with Crippen molar-refractivity contribution in [2.75, 3.05) is 13.2 Å². The van der Waals surface area contributed by atoms with Gasteiger partial charge in [0.05, 0.1) is 17.9 Å². The smallest absolute Gasteiger partial charge is 0.422 e. The van der Waals surface area contributed by atoms with Crippen LogP contribution in [0, 0.1) is 5.92 Å². The fourth-order valence-electron chi connectivity index (χ4n) is 3.85. The molecule has 10 heteroatoms. The van der Waals surface area contributed by atoms with Crippen molar-refractivity contribution >= 4 is 17.5 Å². The third-order valence-corrected chi connectivity index (χ3v) is 5.87. The minimum absolute atomic E-state index is 0.00698. The highest BCUT2D eigenvalue weighted by molar-refractivity contribution is 6.46. The largest absolute Gasteiger partial charge is 0.484 e. The van der Waals surface area contributed by atoms with Crippen LogP contribution in [-0.2, 0) is 14.3 Å². The third kappa shape index (κ3) is 10.4. The molecule has 0 aromatic rings. The summed E-state index contributed by atoms with van der Waals surface area (Å²) in [4.78, 5) is 29.3. The number of hydrogen-bond donors (Lipinski definition) is 3. The van der Waals surface area contributed by atoms with Gasteiger partial charge < -0.3 is 21.1 Å². The molecule has 2 amide bonds. The van der Waals surface area contributed by atoms with Gasteiger partial charge in [-0.2, -0.15) is 13.2 Å². The Morgan fingerprint density at radius 1 is 1.26 bits per heavy atom. The van der Waals surface area contributed by atoms with Crippen molar-refractivity contribution in [1.29, 1.82) is 0 Å². The molecule has 4 N–H and O–H groups in total. The van der Waals surface area contributed by atoms with Crippen molar-refractivity contribution in [3.63, 3.8) is 0 Å². The van der Waals surface area contributed by atoms with Crippen LogP contribution in [0.5, 0.6) is 0 Å². The van der Waals surface area contributed by atoms with E-state index in [-0.39, 0.29) is 47.3 Å². The van der Waals surface area contributed by atoms with Crippen LogP contribution in [-0.4, -0.2) is 42.9 Å². The lowest BCUT2D eigenvalue weighted by Gasteiger charge is -2.26. The predicted octanol–water partition coefficient (Wildman–Crippen LogP) is 4.91. The molecule has 0 aromatic heterocycles. The molecule has 0 aromatic carbocycles. The van der Waals surface area contributed by atoms with E-state index in [4.69, 9.17) is 10.5 Å². The minimum Gasteiger partial charge on any atom is -0.484 e. The average molecular weight is 535 g/mol. The van der Waals surface area contributed by atoms with E-state index in [2.05, 4.69) is 15.6 Å². The first-order chi connectivity index (χ1) is 17.9. The Balaban J connectivity index is 2.11. The van der Waals surface area contributed by atoms with Gasteiger partial charge in [-0.3, -0.25) is 14.6 Å². The van der Waals surface area contributed by atoms with Crippen LogP contribution in [0.15, 0.2) is 75.8 Å². The third-order valence-electron chi connectivity index (χ3n) is 5.87. The summed E-state index contributed by atoms with van der Waals surface area (Å²) in [7, 11) is 0. The summed E-state index contributed by atoms with van der Waals surface area (Å²) in [5.74, 6) is -0.646.